The molecule has 0 aliphatic heterocycles. The lowest BCUT2D eigenvalue weighted by molar-refractivity contribution is 0.102. The van der Waals surface area contributed by atoms with E-state index < -0.39 is 0 Å². The number of anilines is 1. The predicted octanol–water partition coefficient (Wildman–Crippen LogP) is 4.24. The summed E-state index contributed by atoms with van der Waals surface area (Å²) in [6.07, 6.45) is 0. The molecule has 2 aromatic rings. The first-order valence-electron chi connectivity index (χ1n) is 5.89. The molecule has 0 aromatic heterocycles. The molecule has 0 saturated carbocycles. The van der Waals surface area contributed by atoms with E-state index in [1.807, 2.05) is 6.07 Å². The molecule has 0 aliphatic carbocycles. The van der Waals surface area contributed by atoms with E-state index >= 15 is 0 Å². The van der Waals surface area contributed by atoms with Crippen LogP contribution in [0.4, 0.5) is 5.69 Å². The van der Waals surface area contributed by atoms with E-state index in [1.165, 1.54) is 7.11 Å². The summed E-state index contributed by atoms with van der Waals surface area (Å²) in [6.45, 7) is 0. The zero-order chi connectivity index (χ0) is 15.4. The van der Waals surface area contributed by atoms with Crippen molar-refractivity contribution in [2.24, 2.45) is 0 Å². The smallest absolute Gasteiger partial charge is 0.255 e. The molecule has 0 aliphatic rings. The van der Waals surface area contributed by atoms with Gasteiger partial charge in [0, 0.05) is 16.1 Å². The van der Waals surface area contributed by atoms with Gasteiger partial charge in [-0.25, -0.2) is 0 Å². The zero-order valence-corrected chi connectivity index (χ0v) is 13.3. The minimum absolute atomic E-state index is 0.313. The van der Waals surface area contributed by atoms with E-state index in [-0.39, 0.29) is 5.91 Å². The second-order valence-electron chi connectivity index (χ2n) is 4.11. The van der Waals surface area contributed by atoms with E-state index in [1.54, 1.807) is 36.4 Å². The molecule has 1 amide bonds. The molecular weight excluding hydrogens is 356 g/mol. The van der Waals surface area contributed by atoms with E-state index in [9.17, 15) is 4.79 Å². The summed E-state index contributed by atoms with van der Waals surface area (Å²) in [4.78, 5) is 12.2. The van der Waals surface area contributed by atoms with Gasteiger partial charge >= 0.3 is 0 Å². The van der Waals surface area contributed by atoms with Crippen molar-refractivity contribution in [2.75, 3.05) is 12.4 Å². The molecule has 0 atom stereocenters. The number of hydrogen-bond donors (Lipinski definition) is 1. The lowest BCUT2D eigenvalue weighted by atomic mass is 10.1. The summed E-state index contributed by atoms with van der Waals surface area (Å²) in [5.41, 5.74) is 1.37. The molecule has 0 fully saturated rings. The van der Waals surface area contributed by atoms with Gasteiger partial charge < -0.3 is 10.1 Å². The van der Waals surface area contributed by atoms with Gasteiger partial charge in [0.05, 0.1) is 29.5 Å². The predicted molar refractivity (Wildman–Crippen MR) is 84.8 cm³/mol. The topological polar surface area (TPSA) is 62.1 Å². The zero-order valence-electron chi connectivity index (χ0n) is 11.0. The monoisotopic (exact) mass is 364 g/mol. The van der Waals surface area contributed by atoms with E-state index in [0.29, 0.717) is 27.6 Å². The highest BCUT2D eigenvalue weighted by atomic mass is 79.9. The third kappa shape index (κ3) is 3.54. The summed E-state index contributed by atoms with van der Waals surface area (Å²) in [7, 11) is 1.47. The number of halogens is 2. The standard InChI is InChI=1S/C15H10BrClN2O2/c1-21-14-6-9(8-18)2-5-13(14)19-15(20)10-3-4-11(16)12(17)7-10/h2-7H,1H3,(H,19,20). The largest absolute Gasteiger partial charge is 0.495 e. The maximum Gasteiger partial charge on any atom is 0.255 e. The van der Waals surface area contributed by atoms with Crippen molar-refractivity contribution in [3.8, 4) is 11.8 Å². The molecule has 2 aromatic carbocycles. The van der Waals surface area contributed by atoms with Crippen molar-refractivity contribution in [1.29, 1.82) is 5.26 Å². The Bertz CT molecular complexity index is 741. The van der Waals surface area contributed by atoms with Crippen LogP contribution >= 0.6 is 27.5 Å². The normalized spacial score (nSPS) is 9.81. The number of benzene rings is 2. The SMILES string of the molecule is COc1cc(C#N)ccc1NC(=O)c1ccc(Br)c(Cl)c1. The molecule has 6 heteroatoms. The van der Waals surface area contributed by atoms with Crippen molar-refractivity contribution < 1.29 is 9.53 Å². The second kappa shape index (κ2) is 6.61. The maximum absolute atomic E-state index is 12.2. The number of ether oxygens (including phenoxy) is 1. The Morgan fingerprint density at radius 2 is 2.10 bits per heavy atom. The fourth-order valence-electron chi connectivity index (χ4n) is 1.70. The van der Waals surface area contributed by atoms with Crippen LogP contribution in [0.5, 0.6) is 5.75 Å². The van der Waals surface area contributed by atoms with Gasteiger partial charge in [-0.2, -0.15) is 5.26 Å². The fraction of sp³-hybridized carbons (Fsp3) is 0.0667. The molecule has 0 radical (unpaired) electrons. The molecule has 21 heavy (non-hydrogen) atoms. The number of nitrogens with one attached hydrogen (secondary N) is 1. The highest BCUT2D eigenvalue weighted by Crippen LogP contribution is 2.27. The maximum atomic E-state index is 12.2. The number of methoxy groups -OCH3 is 1. The summed E-state index contributed by atoms with van der Waals surface area (Å²) in [5.74, 6) is 0.109. The molecule has 2 rings (SSSR count). The van der Waals surface area contributed by atoms with Crippen molar-refractivity contribution in [3.05, 3.63) is 57.0 Å². The molecule has 106 valence electrons. The molecule has 4 nitrogen and oxygen atoms in total. The Morgan fingerprint density at radius 1 is 1.33 bits per heavy atom. The van der Waals surface area contributed by atoms with Gasteiger partial charge in [-0.05, 0) is 46.3 Å². The summed E-state index contributed by atoms with van der Waals surface area (Å²) < 4.78 is 5.89. The Morgan fingerprint density at radius 3 is 2.71 bits per heavy atom. The Hall–Kier alpha value is -2.03. The highest BCUT2D eigenvalue weighted by molar-refractivity contribution is 9.10. The number of nitrogens with zero attached hydrogens (tertiary/aromatic N) is 1. The van der Waals surface area contributed by atoms with E-state index in [4.69, 9.17) is 21.6 Å². The van der Waals surface area contributed by atoms with Gasteiger partial charge in [-0.15, -0.1) is 0 Å². The number of hydrogen-bond acceptors (Lipinski definition) is 3. The lowest BCUT2D eigenvalue weighted by Crippen LogP contribution is -2.12. The number of amides is 1. The molecular formula is C15H10BrClN2O2. The number of nitriles is 1. The van der Waals surface area contributed by atoms with Gasteiger partial charge in [0.15, 0.2) is 0 Å². The second-order valence-corrected chi connectivity index (χ2v) is 5.37. The first-order chi connectivity index (χ1) is 10.0. The first-order valence-corrected chi connectivity index (χ1v) is 7.07. The summed E-state index contributed by atoms with van der Waals surface area (Å²) in [5, 5.41) is 12.0. The van der Waals surface area contributed by atoms with Crippen LogP contribution in [0.2, 0.25) is 5.02 Å². The van der Waals surface area contributed by atoms with Gasteiger partial charge in [0.25, 0.3) is 5.91 Å². The van der Waals surface area contributed by atoms with Crippen LogP contribution in [0.1, 0.15) is 15.9 Å². The fourth-order valence-corrected chi connectivity index (χ4v) is 2.12. The van der Waals surface area contributed by atoms with Crippen molar-refractivity contribution in [2.45, 2.75) is 0 Å². The Kier molecular flexibility index (Phi) is 4.84. The lowest BCUT2D eigenvalue weighted by Gasteiger charge is -2.10. The third-order valence-corrected chi connectivity index (χ3v) is 3.99. The van der Waals surface area contributed by atoms with Crippen LogP contribution in [0.3, 0.4) is 0 Å². The van der Waals surface area contributed by atoms with Gasteiger partial charge in [-0.3, -0.25) is 4.79 Å². The van der Waals surface area contributed by atoms with Crippen molar-refractivity contribution in [3.63, 3.8) is 0 Å². The van der Waals surface area contributed by atoms with Gasteiger partial charge in [0.2, 0.25) is 0 Å². The van der Waals surface area contributed by atoms with Crippen molar-refractivity contribution in [1.82, 2.24) is 0 Å². The Balaban J connectivity index is 2.27. The minimum atomic E-state index is -0.313. The van der Waals surface area contributed by atoms with E-state index in [0.717, 1.165) is 4.47 Å². The number of rotatable bonds is 3. The average molecular weight is 366 g/mol. The van der Waals surface area contributed by atoms with Crippen LogP contribution in [-0.4, -0.2) is 13.0 Å². The third-order valence-electron chi connectivity index (χ3n) is 2.76. The molecule has 0 bridgehead atoms. The van der Waals surface area contributed by atoms with Crippen molar-refractivity contribution >= 4 is 39.1 Å². The average Bonchev–Trinajstić information content (AvgIpc) is 2.50. The number of carbonyl (C=O) groups is 1. The first kappa shape index (κ1) is 15.4. The molecule has 0 saturated heterocycles. The molecule has 0 unspecified atom stereocenters. The minimum Gasteiger partial charge on any atom is -0.495 e. The van der Waals surface area contributed by atoms with Gasteiger partial charge in [0.1, 0.15) is 5.75 Å². The van der Waals surface area contributed by atoms with Crippen LogP contribution in [0, 0.1) is 11.3 Å². The van der Waals surface area contributed by atoms with Crippen LogP contribution in [0.25, 0.3) is 0 Å². The Labute approximate surface area is 135 Å². The number of carbonyl (C=O) groups excluding carboxylic acids is 1. The van der Waals surface area contributed by atoms with E-state index in [2.05, 4.69) is 21.2 Å². The molecule has 0 spiro atoms. The molecule has 0 heterocycles. The van der Waals surface area contributed by atoms with Crippen LogP contribution in [-0.2, 0) is 0 Å². The van der Waals surface area contributed by atoms with Crippen LogP contribution in [0.15, 0.2) is 40.9 Å². The summed E-state index contributed by atoms with van der Waals surface area (Å²) >= 11 is 9.24. The quantitative estimate of drug-likeness (QED) is 0.885. The summed E-state index contributed by atoms with van der Waals surface area (Å²) in [6, 6.07) is 11.7. The molecule has 1 N–H and O–H groups in total. The van der Waals surface area contributed by atoms with Gasteiger partial charge in [-0.1, -0.05) is 11.6 Å². The highest BCUT2D eigenvalue weighted by Gasteiger charge is 2.11. The van der Waals surface area contributed by atoms with Crippen LogP contribution < -0.4 is 10.1 Å².